The van der Waals surface area contributed by atoms with Crippen LogP contribution in [0.1, 0.15) is 33.6 Å². The Morgan fingerprint density at radius 2 is 2.21 bits per heavy atom. The lowest BCUT2D eigenvalue weighted by atomic mass is 9.97. The van der Waals surface area contributed by atoms with E-state index in [0.29, 0.717) is 5.91 Å². The molecule has 1 atom stereocenters. The second-order valence-corrected chi connectivity index (χ2v) is 4.75. The molecule has 3 nitrogen and oxygen atoms in total. The van der Waals surface area contributed by atoms with Crippen LogP contribution in [0.4, 0.5) is 0 Å². The Hall–Kier alpha value is -0.570. The first kappa shape index (κ1) is 11.5. The highest BCUT2D eigenvalue weighted by Crippen LogP contribution is 2.21. The van der Waals surface area contributed by atoms with Crippen molar-refractivity contribution in [3.8, 4) is 0 Å². The van der Waals surface area contributed by atoms with Gasteiger partial charge in [-0.3, -0.25) is 4.79 Å². The number of rotatable bonds is 3. The Morgan fingerprint density at radius 1 is 1.57 bits per heavy atom. The second kappa shape index (κ2) is 4.30. The molecule has 1 unspecified atom stereocenters. The molecule has 3 heteroatoms. The van der Waals surface area contributed by atoms with E-state index >= 15 is 0 Å². The molecule has 1 heterocycles. The SMILES string of the molecule is CCC(C)(C)N(C)C(=O)C1CCNC1. The summed E-state index contributed by atoms with van der Waals surface area (Å²) in [5.41, 5.74) is -0.0142. The third-order valence-electron chi connectivity index (χ3n) is 3.51. The van der Waals surface area contributed by atoms with Crippen LogP contribution in [0.25, 0.3) is 0 Å². The zero-order valence-corrected chi connectivity index (χ0v) is 9.76. The molecule has 1 N–H and O–H groups in total. The van der Waals surface area contributed by atoms with Crippen molar-refractivity contribution in [3.63, 3.8) is 0 Å². The van der Waals surface area contributed by atoms with Crippen molar-refractivity contribution in [2.24, 2.45) is 5.92 Å². The Morgan fingerprint density at radius 3 is 2.64 bits per heavy atom. The highest BCUT2D eigenvalue weighted by molar-refractivity contribution is 5.79. The van der Waals surface area contributed by atoms with Gasteiger partial charge in [0.25, 0.3) is 0 Å². The quantitative estimate of drug-likeness (QED) is 0.740. The molecule has 1 aliphatic heterocycles. The molecular weight excluding hydrogens is 176 g/mol. The van der Waals surface area contributed by atoms with E-state index in [9.17, 15) is 4.79 Å². The third-order valence-corrected chi connectivity index (χ3v) is 3.51. The average Bonchev–Trinajstić information content (AvgIpc) is 2.68. The molecule has 0 aromatic heterocycles. The van der Waals surface area contributed by atoms with Crippen molar-refractivity contribution in [3.05, 3.63) is 0 Å². The summed E-state index contributed by atoms with van der Waals surface area (Å²) in [5, 5.41) is 3.23. The molecule has 14 heavy (non-hydrogen) atoms. The van der Waals surface area contributed by atoms with Gasteiger partial charge in [-0.15, -0.1) is 0 Å². The zero-order chi connectivity index (χ0) is 10.8. The second-order valence-electron chi connectivity index (χ2n) is 4.75. The Labute approximate surface area is 86.9 Å². The van der Waals surface area contributed by atoms with E-state index in [2.05, 4.69) is 26.1 Å². The Balaban J connectivity index is 2.59. The van der Waals surface area contributed by atoms with Gasteiger partial charge in [0.05, 0.1) is 5.92 Å². The molecule has 0 saturated carbocycles. The maximum Gasteiger partial charge on any atom is 0.227 e. The summed E-state index contributed by atoms with van der Waals surface area (Å²) >= 11 is 0. The molecule has 0 aliphatic carbocycles. The summed E-state index contributed by atoms with van der Waals surface area (Å²) in [5.74, 6) is 0.493. The topological polar surface area (TPSA) is 32.3 Å². The maximum atomic E-state index is 12.0. The van der Waals surface area contributed by atoms with Crippen LogP contribution < -0.4 is 5.32 Å². The lowest BCUT2D eigenvalue weighted by Gasteiger charge is -2.36. The van der Waals surface area contributed by atoms with Gasteiger partial charge < -0.3 is 10.2 Å². The molecule has 1 amide bonds. The fraction of sp³-hybridized carbons (Fsp3) is 0.909. The van der Waals surface area contributed by atoms with Gasteiger partial charge in [-0.2, -0.15) is 0 Å². The first-order valence-electron chi connectivity index (χ1n) is 5.47. The van der Waals surface area contributed by atoms with Gasteiger partial charge in [-0.05, 0) is 33.2 Å². The van der Waals surface area contributed by atoms with Crippen LogP contribution >= 0.6 is 0 Å². The summed E-state index contributed by atoms with van der Waals surface area (Å²) < 4.78 is 0. The molecule has 0 aromatic carbocycles. The minimum atomic E-state index is -0.0142. The normalized spacial score (nSPS) is 22.4. The smallest absolute Gasteiger partial charge is 0.227 e. The number of carbonyl (C=O) groups is 1. The number of hydrogen-bond donors (Lipinski definition) is 1. The van der Waals surface area contributed by atoms with Crippen LogP contribution in [0.15, 0.2) is 0 Å². The summed E-state index contributed by atoms with van der Waals surface area (Å²) in [6.07, 6.45) is 1.98. The molecule has 0 radical (unpaired) electrons. The van der Waals surface area contributed by atoms with Crippen LogP contribution in [-0.4, -0.2) is 36.5 Å². The van der Waals surface area contributed by atoms with Crippen molar-refractivity contribution in [1.82, 2.24) is 10.2 Å². The van der Waals surface area contributed by atoms with E-state index in [1.54, 1.807) is 0 Å². The average molecular weight is 198 g/mol. The fourth-order valence-electron chi connectivity index (χ4n) is 1.67. The summed E-state index contributed by atoms with van der Waals surface area (Å²) in [4.78, 5) is 13.9. The minimum Gasteiger partial charge on any atom is -0.340 e. The van der Waals surface area contributed by atoms with Gasteiger partial charge in [-0.1, -0.05) is 6.92 Å². The van der Waals surface area contributed by atoms with E-state index < -0.39 is 0 Å². The Kier molecular flexibility index (Phi) is 3.53. The largest absolute Gasteiger partial charge is 0.340 e. The van der Waals surface area contributed by atoms with Gasteiger partial charge in [0.2, 0.25) is 5.91 Å². The van der Waals surface area contributed by atoms with E-state index in [1.165, 1.54) is 0 Å². The molecule has 0 spiro atoms. The monoisotopic (exact) mass is 198 g/mol. The van der Waals surface area contributed by atoms with E-state index in [4.69, 9.17) is 0 Å². The molecule has 82 valence electrons. The third kappa shape index (κ3) is 2.27. The van der Waals surface area contributed by atoms with Crippen LogP contribution in [0, 0.1) is 5.92 Å². The summed E-state index contributed by atoms with van der Waals surface area (Å²) in [7, 11) is 1.92. The van der Waals surface area contributed by atoms with Gasteiger partial charge in [0, 0.05) is 19.1 Å². The van der Waals surface area contributed by atoms with Crippen LogP contribution in [0.2, 0.25) is 0 Å². The van der Waals surface area contributed by atoms with Crippen molar-refractivity contribution >= 4 is 5.91 Å². The standard InChI is InChI=1S/C11H22N2O/c1-5-11(2,3)13(4)10(14)9-6-7-12-8-9/h9,12H,5-8H2,1-4H3. The highest BCUT2D eigenvalue weighted by Gasteiger charge is 2.31. The first-order chi connectivity index (χ1) is 6.49. The minimum absolute atomic E-state index is 0.0142. The number of nitrogens with one attached hydrogen (secondary N) is 1. The van der Waals surface area contributed by atoms with Crippen molar-refractivity contribution in [2.75, 3.05) is 20.1 Å². The lowest BCUT2D eigenvalue weighted by molar-refractivity contribution is -0.138. The molecular formula is C11H22N2O. The summed E-state index contributed by atoms with van der Waals surface area (Å²) in [6.45, 7) is 8.19. The van der Waals surface area contributed by atoms with E-state index in [0.717, 1.165) is 25.9 Å². The van der Waals surface area contributed by atoms with E-state index in [1.807, 2.05) is 11.9 Å². The Bertz CT molecular complexity index is 207. The van der Waals surface area contributed by atoms with Crippen LogP contribution in [-0.2, 0) is 4.79 Å². The van der Waals surface area contributed by atoms with Crippen molar-refractivity contribution in [2.45, 2.75) is 39.2 Å². The molecule has 0 bridgehead atoms. The predicted octanol–water partition coefficient (Wildman–Crippen LogP) is 1.24. The highest BCUT2D eigenvalue weighted by atomic mass is 16.2. The van der Waals surface area contributed by atoms with Gasteiger partial charge in [0.1, 0.15) is 0 Å². The number of nitrogens with zero attached hydrogens (tertiary/aromatic N) is 1. The van der Waals surface area contributed by atoms with Gasteiger partial charge >= 0.3 is 0 Å². The van der Waals surface area contributed by atoms with Crippen LogP contribution in [0.5, 0.6) is 0 Å². The molecule has 1 fully saturated rings. The van der Waals surface area contributed by atoms with E-state index in [-0.39, 0.29) is 11.5 Å². The maximum absolute atomic E-state index is 12.0. The molecule has 1 aliphatic rings. The molecule has 1 rings (SSSR count). The number of carbonyl (C=O) groups excluding carboxylic acids is 1. The number of hydrogen-bond acceptors (Lipinski definition) is 2. The number of amides is 1. The predicted molar refractivity (Wildman–Crippen MR) is 58.1 cm³/mol. The van der Waals surface area contributed by atoms with Gasteiger partial charge in [0.15, 0.2) is 0 Å². The molecule has 0 aromatic rings. The first-order valence-corrected chi connectivity index (χ1v) is 5.47. The zero-order valence-electron chi connectivity index (χ0n) is 9.76. The van der Waals surface area contributed by atoms with Crippen molar-refractivity contribution in [1.29, 1.82) is 0 Å². The summed E-state index contributed by atoms with van der Waals surface area (Å²) in [6, 6.07) is 0. The lowest BCUT2D eigenvalue weighted by Crippen LogP contribution is -2.47. The van der Waals surface area contributed by atoms with Crippen LogP contribution in [0.3, 0.4) is 0 Å². The van der Waals surface area contributed by atoms with Crippen molar-refractivity contribution < 1.29 is 4.79 Å². The molecule has 1 saturated heterocycles. The fourth-order valence-corrected chi connectivity index (χ4v) is 1.67. The van der Waals surface area contributed by atoms with Gasteiger partial charge in [-0.25, -0.2) is 0 Å².